The molecule has 0 aliphatic rings. The van der Waals surface area contributed by atoms with Crippen LogP contribution in [0.2, 0.25) is 0 Å². The van der Waals surface area contributed by atoms with Crippen molar-refractivity contribution in [2.45, 2.75) is 18.1 Å². The van der Waals surface area contributed by atoms with Gasteiger partial charge in [0.1, 0.15) is 11.9 Å². The molecule has 98 valence electrons. The smallest absolute Gasteiger partial charge is 0.319 e. The highest BCUT2D eigenvalue weighted by molar-refractivity contribution is 5.85. The largest absolute Gasteiger partial charge is 0.455 e. The van der Waals surface area contributed by atoms with Crippen molar-refractivity contribution in [1.82, 2.24) is 0 Å². The van der Waals surface area contributed by atoms with Gasteiger partial charge in [0.15, 0.2) is 0 Å². The first-order valence-electron chi connectivity index (χ1n) is 4.12. The average molecular weight is 280 g/mol. The third kappa shape index (κ3) is 3.26. The molecule has 0 amide bonds. The molecule has 0 fully saturated rings. The molecule has 0 saturated heterocycles. The Morgan fingerprint density at radius 2 is 1.59 bits per heavy atom. The molecule has 0 heterocycles. The Kier molecular flexibility index (Phi) is 4.85. The minimum atomic E-state index is -5.77. The Balaban J connectivity index is 0.00000256. The van der Waals surface area contributed by atoms with E-state index in [0.29, 0.717) is 6.07 Å². The summed E-state index contributed by atoms with van der Waals surface area (Å²) >= 11 is 0. The molecule has 0 saturated carbocycles. The zero-order chi connectivity index (χ0) is 12.6. The molecule has 1 rings (SSSR count). The summed E-state index contributed by atoms with van der Waals surface area (Å²) in [5.41, 5.74) is 4.18. The third-order valence-electron chi connectivity index (χ3n) is 1.98. The molecule has 0 radical (unpaired) electrons. The van der Waals surface area contributed by atoms with Gasteiger partial charge in [0, 0.05) is 0 Å². The Labute approximate surface area is 99.0 Å². The second kappa shape index (κ2) is 5.14. The maximum Gasteiger partial charge on any atom is 0.455 e. The second-order valence-corrected chi connectivity index (χ2v) is 3.15. The van der Waals surface area contributed by atoms with Crippen LogP contribution in [0.1, 0.15) is 11.6 Å². The Morgan fingerprint density at radius 3 is 2.00 bits per heavy atom. The van der Waals surface area contributed by atoms with E-state index < -0.39 is 29.5 Å². The summed E-state index contributed by atoms with van der Waals surface area (Å²) in [5.74, 6) is -6.02. The lowest BCUT2D eigenvalue weighted by molar-refractivity contribution is -0.291. The van der Waals surface area contributed by atoms with E-state index in [1.165, 1.54) is 0 Å². The lowest BCUT2D eigenvalue weighted by Gasteiger charge is -2.25. The number of hydrogen-bond donors (Lipinski definition) is 1. The van der Waals surface area contributed by atoms with E-state index in [-0.39, 0.29) is 12.4 Å². The van der Waals surface area contributed by atoms with E-state index in [9.17, 15) is 26.3 Å². The third-order valence-corrected chi connectivity index (χ3v) is 1.98. The molecule has 2 N–H and O–H groups in total. The number of rotatable bonds is 2. The van der Waals surface area contributed by atoms with Crippen LogP contribution < -0.4 is 5.73 Å². The van der Waals surface area contributed by atoms with Crippen molar-refractivity contribution in [3.05, 3.63) is 35.6 Å². The standard InChI is InChI=1S/C9H7F6N.ClH/c10-6-3-1-2-5(4-6)7(16)8(11,12)9(13,14)15;/h1-4,7H,16H2;1H/t7-;/m1./s1. The minimum Gasteiger partial charge on any atom is -0.319 e. The predicted molar refractivity (Wildman–Crippen MR) is 51.6 cm³/mol. The van der Waals surface area contributed by atoms with E-state index in [2.05, 4.69) is 0 Å². The first-order chi connectivity index (χ1) is 7.16. The topological polar surface area (TPSA) is 26.0 Å². The SMILES string of the molecule is Cl.N[C@H](c1cccc(F)c1)C(F)(F)C(F)(F)F. The molecule has 8 heteroatoms. The van der Waals surface area contributed by atoms with E-state index in [1.807, 2.05) is 0 Å². The number of benzene rings is 1. The van der Waals surface area contributed by atoms with E-state index in [1.54, 1.807) is 0 Å². The molecular formula is C9H8ClF6N. The van der Waals surface area contributed by atoms with Crippen LogP contribution >= 0.6 is 12.4 Å². The molecular weight excluding hydrogens is 272 g/mol. The summed E-state index contributed by atoms with van der Waals surface area (Å²) in [6, 6.07) is 0.764. The van der Waals surface area contributed by atoms with Gasteiger partial charge in [0.25, 0.3) is 0 Å². The van der Waals surface area contributed by atoms with Crippen LogP contribution in [-0.4, -0.2) is 12.1 Å². The van der Waals surface area contributed by atoms with Gasteiger partial charge in [0.2, 0.25) is 0 Å². The number of hydrogen-bond acceptors (Lipinski definition) is 1. The normalized spacial score (nSPS) is 14.1. The second-order valence-electron chi connectivity index (χ2n) is 3.15. The zero-order valence-electron chi connectivity index (χ0n) is 8.14. The molecule has 0 spiro atoms. The summed E-state index contributed by atoms with van der Waals surface area (Å²) in [7, 11) is 0. The molecule has 0 bridgehead atoms. The Bertz CT molecular complexity index is 378. The number of nitrogens with two attached hydrogens (primary N) is 1. The van der Waals surface area contributed by atoms with Crippen molar-refractivity contribution >= 4 is 12.4 Å². The number of alkyl halides is 5. The van der Waals surface area contributed by atoms with Crippen LogP contribution in [-0.2, 0) is 0 Å². The first kappa shape index (κ1) is 16.1. The maximum absolute atomic E-state index is 12.8. The van der Waals surface area contributed by atoms with Crippen molar-refractivity contribution in [2.75, 3.05) is 0 Å². The van der Waals surface area contributed by atoms with E-state index >= 15 is 0 Å². The van der Waals surface area contributed by atoms with Gasteiger partial charge in [-0.3, -0.25) is 0 Å². The monoisotopic (exact) mass is 279 g/mol. The zero-order valence-corrected chi connectivity index (χ0v) is 8.96. The summed E-state index contributed by atoms with van der Waals surface area (Å²) in [6.45, 7) is 0. The Hall–Kier alpha value is -0.950. The Morgan fingerprint density at radius 1 is 1.06 bits per heavy atom. The van der Waals surface area contributed by atoms with Gasteiger partial charge in [-0.1, -0.05) is 12.1 Å². The molecule has 1 nitrogen and oxygen atoms in total. The summed E-state index contributed by atoms with van der Waals surface area (Å²) in [6.07, 6.45) is -5.77. The van der Waals surface area contributed by atoms with Gasteiger partial charge in [-0.15, -0.1) is 12.4 Å². The highest BCUT2D eigenvalue weighted by atomic mass is 35.5. The lowest BCUT2D eigenvalue weighted by Crippen LogP contribution is -2.45. The first-order valence-corrected chi connectivity index (χ1v) is 4.12. The van der Waals surface area contributed by atoms with Crippen molar-refractivity contribution < 1.29 is 26.3 Å². The molecule has 0 aromatic heterocycles. The number of halogens is 7. The van der Waals surface area contributed by atoms with Crippen molar-refractivity contribution in [1.29, 1.82) is 0 Å². The minimum absolute atomic E-state index is 0. The van der Waals surface area contributed by atoms with Crippen LogP contribution in [0.4, 0.5) is 26.3 Å². The fraction of sp³-hybridized carbons (Fsp3) is 0.333. The van der Waals surface area contributed by atoms with Crippen LogP contribution in [0.5, 0.6) is 0 Å². The quantitative estimate of drug-likeness (QED) is 0.825. The molecule has 1 aromatic rings. The van der Waals surface area contributed by atoms with Crippen molar-refractivity contribution in [3.63, 3.8) is 0 Å². The van der Waals surface area contributed by atoms with Gasteiger partial charge in [-0.05, 0) is 17.7 Å². The predicted octanol–water partition coefficient (Wildman–Crippen LogP) is 3.44. The van der Waals surface area contributed by atoms with Gasteiger partial charge in [-0.25, -0.2) is 4.39 Å². The van der Waals surface area contributed by atoms with Crippen LogP contribution in [0, 0.1) is 5.82 Å². The fourth-order valence-electron chi connectivity index (χ4n) is 1.09. The van der Waals surface area contributed by atoms with Gasteiger partial charge < -0.3 is 5.73 Å². The maximum atomic E-state index is 12.8. The van der Waals surface area contributed by atoms with E-state index in [0.717, 1.165) is 18.2 Å². The molecule has 1 aromatic carbocycles. The summed E-state index contributed by atoms with van der Waals surface area (Å²) < 4.78 is 74.0. The van der Waals surface area contributed by atoms with Crippen LogP contribution in [0.3, 0.4) is 0 Å². The van der Waals surface area contributed by atoms with Crippen molar-refractivity contribution in [2.24, 2.45) is 5.73 Å². The molecule has 17 heavy (non-hydrogen) atoms. The van der Waals surface area contributed by atoms with Crippen LogP contribution in [0.25, 0.3) is 0 Å². The molecule has 1 atom stereocenters. The fourth-order valence-corrected chi connectivity index (χ4v) is 1.09. The average Bonchev–Trinajstić information content (AvgIpc) is 2.14. The molecule has 0 aliphatic carbocycles. The van der Waals surface area contributed by atoms with E-state index in [4.69, 9.17) is 5.73 Å². The lowest BCUT2D eigenvalue weighted by atomic mass is 10.0. The molecule has 0 aliphatic heterocycles. The summed E-state index contributed by atoms with van der Waals surface area (Å²) in [4.78, 5) is 0. The highest BCUT2D eigenvalue weighted by Crippen LogP contribution is 2.43. The van der Waals surface area contributed by atoms with Gasteiger partial charge in [-0.2, -0.15) is 22.0 Å². The van der Waals surface area contributed by atoms with Crippen LogP contribution in [0.15, 0.2) is 24.3 Å². The highest BCUT2D eigenvalue weighted by Gasteiger charge is 2.61. The van der Waals surface area contributed by atoms with Gasteiger partial charge >= 0.3 is 12.1 Å². The van der Waals surface area contributed by atoms with Crippen molar-refractivity contribution in [3.8, 4) is 0 Å². The van der Waals surface area contributed by atoms with Gasteiger partial charge in [0.05, 0.1) is 0 Å². The summed E-state index contributed by atoms with van der Waals surface area (Å²) in [5, 5.41) is 0. The molecule has 0 unspecified atom stereocenters.